The highest BCUT2D eigenvalue weighted by atomic mass is 127. The van der Waals surface area contributed by atoms with E-state index in [1.807, 2.05) is 30.2 Å². The Kier molecular flexibility index (Phi) is 5.69. The first-order chi connectivity index (χ1) is 11.3. The summed E-state index contributed by atoms with van der Waals surface area (Å²) >= 11 is 0. The van der Waals surface area contributed by atoms with Crippen LogP contribution in [-0.4, -0.2) is 48.1 Å². The Labute approximate surface area is 160 Å². The van der Waals surface area contributed by atoms with Crippen molar-refractivity contribution in [3.05, 3.63) is 18.5 Å². The van der Waals surface area contributed by atoms with Gasteiger partial charge in [-0.1, -0.05) is 6.42 Å². The molecule has 0 amide bonds. The summed E-state index contributed by atoms with van der Waals surface area (Å²) in [4.78, 5) is 4.41. The Hall–Kier alpha value is -0.830. The van der Waals surface area contributed by atoms with E-state index in [4.69, 9.17) is 4.74 Å². The number of aryl methyl sites for hydroxylation is 1. The van der Waals surface area contributed by atoms with Crippen LogP contribution in [0, 0.1) is 11.3 Å². The summed E-state index contributed by atoms with van der Waals surface area (Å²) in [5.74, 6) is 1.62. The molecule has 6 nitrogen and oxygen atoms in total. The van der Waals surface area contributed by atoms with Crippen LogP contribution >= 0.6 is 24.0 Å². The van der Waals surface area contributed by atoms with Crippen LogP contribution in [0.4, 0.5) is 0 Å². The molecule has 134 valence electrons. The van der Waals surface area contributed by atoms with Gasteiger partial charge in [0.15, 0.2) is 5.96 Å². The molecule has 2 saturated carbocycles. The molecule has 1 aromatic heterocycles. The van der Waals surface area contributed by atoms with E-state index in [9.17, 15) is 0 Å². The number of nitrogens with one attached hydrogen (secondary N) is 2. The van der Waals surface area contributed by atoms with Gasteiger partial charge in [-0.05, 0) is 31.7 Å². The molecule has 2 heterocycles. The molecule has 24 heavy (non-hydrogen) atoms. The van der Waals surface area contributed by atoms with E-state index < -0.39 is 0 Å². The minimum Gasteiger partial charge on any atom is -0.377 e. The highest BCUT2D eigenvalue weighted by Gasteiger charge is 2.66. The first-order valence-corrected chi connectivity index (χ1v) is 8.90. The van der Waals surface area contributed by atoms with E-state index in [-0.39, 0.29) is 24.0 Å². The van der Waals surface area contributed by atoms with Gasteiger partial charge in [0, 0.05) is 56.5 Å². The Morgan fingerprint density at radius 3 is 3.00 bits per heavy atom. The van der Waals surface area contributed by atoms with E-state index in [1.165, 1.54) is 25.7 Å². The summed E-state index contributed by atoms with van der Waals surface area (Å²) in [5.41, 5.74) is 0.397. The molecule has 3 atom stereocenters. The Balaban J connectivity index is 0.00000169. The summed E-state index contributed by atoms with van der Waals surface area (Å²) in [5, 5.41) is 11.4. The van der Waals surface area contributed by atoms with E-state index in [2.05, 4.69) is 20.7 Å². The Morgan fingerprint density at radius 1 is 1.46 bits per heavy atom. The van der Waals surface area contributed by atoms with Gasteiger partial charge in [0.25, 0.3) is 0 Å². The van der Waals surface area contributed by atoms with Crippen LogP contribution in [0.3, 0.4) is 0 Å². The van der Waals surface area contributed by atoms with E-state index in [0.717, 1.165) is 32.1 Å². The number of hydrogen-bond donors (Lipinski definition) is 2. The fourth-order valence-electron chi connectivity index (χ4n) is 4.68. The number of ether oxygens (including phenoxy) is 1. The lowest BCUT2D eigenvalue weighted by Gasteiger charge is -2.63. The minimum atomic E-state index is 0. The normalized spacial score (nSPS) is 30.0. The highest BCUT2D eigenvalue weighted by molar-refractivity contribution is 14.0. The third-order valence-corrected chi connectivity index (χ3v) is 5.97. The fraction of sp³-hybridized carbons (Fsp3) is 0.765. The van der Waals surface area contributed by atoms with Gasteiger partial charge in [0.1, 0.15) is 0 Å². The molecule has 7 heteroatoms. The molecule has 3 unspecified atom stereocenters. The van der Waals surface area contributed by atoms with Crippen LogP contribution in [0.2, 0.25) is 0 Å². The Bertz CT molecular complexity index is 557. The minimum absolute atomic E-state index is 0. The third-order valence-electron chi connectivity index (χ3n) is 5.97. The smallest absolute Gasteiger partial charge is 0.191 e. The van der Waals surface area contributed by atoms with E-state index in [0.29, 0.717) is 23.5 Å². The molecule has 2 N–H and O–H groups in total. The van der Waals surface area contributed by atoms with E-state index >= 15 is 0 Å². The van der Waals surface area contributed by atoms with Crippen LogP contribution < -0.4 is 10.6 Å². The zero-order chi connectivity index (χ0) is 15.7. The summed E-state index contributed by atoms with van der Waals surface area (Å²) in [6.45, 7) is 2.78. The van der Waals surface area contributed by atoms with Crippen molar-refractivity contribution in [2.24, 2.45) is 16.3 Å². The molecule has 2 aliphatic carbocycles. The van der Waals surface area contributed by atoms with Crippen molar-refractivity contribution in [1.82, 2.24) is 20.4 Å². The predicted molar refractivity (Wildman–Crippen MR) is 105 cm³/mol. The number of hydrogen-bond acceptors (Lipinski definition) is 3. The molecule has 1 spiro atoms. The maximum atomic E-state index is 5.99. The number of rotatable bonds is 5. The average Bonchev–Trinajstić information content (AvgIpc) is 3.15. The third kappa shape index (κ3) is 3.05. The molecular formula is C17H28IN5O. The van der Waals surface area contributed by atoms with Crippen molar-refractivity contribution < 1.29 is 4.74 Å². The number of nitrogens with zero attached hydrogens (tertiary/aromatic N) is 3. The average molecular weight is 445 g/mol. The molecule has 3 aliphatic rings. The molecular weight excluding hydrogens is 417 g/mol. The van der Waals surface area contributed by atoms with Gasteiger partial charge < -0.3 is 15.4 Å². The van der Waals surface area contributed by atoms with Crippen LogP contribution in [0.1, 0.15) is 32.1 Å². The lowest BCUT2D eigenvalue weighted by atomic mass is 9.46. The number of halogens is 1. The van der Waals surface area contributed by atoms with Crippen molar-refractivity contribution >= 4 is 29.9 Å². The van der Waals surface area contributed by atoms with Crippen molar-refractivity contribution in [1.29, 1.82) is 0 Å². The van der Waals surface area contributed by atoms with Gasteiger partial charge in [-0.2, -0.15) is 5.10 Å². The molecule has 0 aromatic carbocycles. The lowest BCUT2D eigenvalue weighted by molar-refractivity contribution is -0.171. The van der Waals surface area contributed by atoms with Crippen molar-refractivity contribution in [2.75, 3.05) is 20.2 Å². The zero-order valence-electron chi connectivity index (χ0n) is 14.3. The largest absolute Gasteiger partial charge is 0.377 e. The van der Waals surface area contributed by atoms with Gasteiger partial charge in [-0.25, -0.2) is 0 Å². The monoisotopic (exact) mass is 445 g/mol. The van der Waals surface area contributed by atoms with Crippen LogP contribution in [0.15, 0.2) is 23.5 Å². The summed E-state index contributed by atoms with van der Waals surface area (Å²) in [6.07, 6.45) is 10.5. The molecule has 0 bridgehead atoms. The summed E-state index contributed by atoms with van der Waals surface area (Å²) < 4.78 is 7.95. The topological polar surface area (TPSA) is 63.5 Å². The first-order valence-electron chi connectivity index (χ1n) is 8.90. The Morgan fingerprint density at radius 2 is 2.33 bits per heavy atom. The number of guanidine groups is 1. The second kappa shape index (κ2) is 7.59. The van der Waals surface area contributed by atoms with Gasteiger partial charge in [0.2, 0.25) is 0 Å². The fourth-order valence-corrected chi connectivity index (χ4v) is 4.68. The number of aromatic nitrogens is 2. The van der Waals surface area contributed by atoms with Crippen LogP contribution in [0.5, 0.6) is 0 Å². The molecule has 1 aromatic rings. The predicted octanol–water partition coefficient (Wildman–Crippen LogP) is 2.01. The summed E-state index contributed by atoms with van der Waals surface area (Å²) in [7, 11) is 1.86. The van der Waals surface area contributed by atoms with Crippen LogP contribution in [0.25, 0.3) is 0 Å². The van der Waals surface area contributed by atoms with Gasteiger partial charge >= 0.3 is 0 Å². The van der Waals surface area contributed by atoms with Crippen LogP contribution in [-0.2, 0) is 11.3 Å². The molecule has 1 saturated heterocycles. The van der Waals surface area contributed by atoms with Crippen molar-refractivity contribution in [3.8, 4) is 0 Å². The maximum Gasteiger partial charge on any atom is 0.191 e. The number of fused-ring (bicyclic) bond motifs is 2. The van der Waals surface area contributed by atoms with Crippen molar-refractivity contribution in [2.45, 2.75) is 50.8 Å². The standard InChI is InChI=1S/C17H27N5O.HI/c1-18-16(19-8-3-10-22-11-4-9-20-22)21-14-13-5-12-23-15(13)17(14)6-2-7-17;/h4,9,11,13-15H,2-3,5-8,10,12H2,1H3,(H2,18,19,21);1H. The summed E-state index contributed by atoms with van der Waals surface area (Å²) in [6, 6.07) is 2.50. The maximum absolute atomic E-state index is 5.99. The van der Waals surface area contributed by atoms with Gasteiger partial charge in [0.05, 0.1) is 6.10 Å². The lowest BCUT2D eigenvalue weighted by Crippen LogP contribution is -2.72. The van der Waals surface area contributed by atoms with Gasteiger partial charge in [-0.15, -0.1) is 24.0 Å². The molecule has 1 aliphatic heterocycles. The van der Waals surface area contributed by atoms with E-state index in [1.54, 1.807) is 0 Å². The molecule has 0 radical (unpaired) electrons. The van der Waals surface area contributed by atoms with Crippen molar-refractivity contribution in [3.63, 3.8) is 0 Å². The SMILES string of the molecule is CN=C(NCCCn1cccn1)NC1C2CCOC2C12CCC2.I. The molecule has 4 rings (SSSR count). The first kappa shape index (κ1) is 18.0. The molecule has 3 fully saturated rings. The quantitative estimate of drug-likeness (QED) is 0.315. The second-order valence-electron chi connectivity index (χ2n) is 7.07. The zero-order valence-corrected chi connectivity index (χ0v) is 16.6. The van der Waals surface area contributed by atoms with Gasteiger partial charge in [-0.3, -0.25) is 9.67 Å². The highest BCUT2D eigenvalue weighted by Crippen LogP contribution is 2.62. The number of aliphatic imine (C=N–C) groups is 1. The second-order valence-corrected chi connectivity index (χ2v) is 7.07.